The van der Waals surface area contributed by atoms with E-state index in [0.29, 0.717) is 16.3 Å². The van der Waals surface area contributed by atoms with Gasteiger partial charge in [-0.15, -0.1) is 11.3 Å². The van der Waals surface area contributed by atoms with Crippen molar-refractivity contribution < 1.29 is 14.7 Å². The average molecular weight is 536 g/mol. The van der Waals surface area contributed by atoms with Crippen molar-refractivity contribution in [3.8, 4) is 10.6 Å². The molecule has 0 bridgehead atoms. The van der Waals surface area contributed by atoms with E-state index in [0.717, 1.165) is 34.9 Å². The Morgan fingerprint density at radius 2 is 1.49 bits per heavy atom. The Labute approximate surface area is 231 Å². The van der Waals surface area contributed by atoms with Crippen LogP contribution in [0.15, 0.2) is 96.3 Å². The minimum atomic E-state index is -0.756. The number of aromatic nitrogens is 1. The summed E-state index contributed by atoms with van der Waals surface area (Å²) in [7, 11) is 0. The summed E-state index contributed by atoms with van der Waals surface area (Å²) in [6.45, 7) is 3.84. The van der Waals surface area contributed by atoms with Crippen molar-refractivity contribution in [2.45, 2.75) is 32.2 Å². The standard InChI is InChI=1S/C32H29N3O3S/c1-21-30(39-31(33-21)23-13-7-3-8-14-23)28(36)26-27(22-11-5-2-6-12-22)35(32(38)29(26)37)25-17-15-24(16-18-25)34-19-9-4-10-20-34/h2-3,5-8,11-18,27,37H,4,9-10,19-20H2,1H3. The van der Waals surface area contributed by atoms with Crippen molar-refractivity contribution in [3.05, 3.63) is 112 Å². The molecule has 6 rings (SSSR count). The molecule has 0 saturated carbocycles. The zero-order valence-corrected chi connectivity index (χ0v) is 22.5. The van der Waals surface area contributed by atoms with Gasteiger partial charge in [0.15, 0.2) is 5.76 Å². The van der Waals surface area contributed by atoms with Crippen LogP contribution in [0.2, 0.25) is 0 Å². The van der Waals surface area contributed by atoms with E-state index in [2.05, 4.69) is 9.88 Å². The molecule has 39 heavy (non-hydrogen) atoms. The van der Waals surface area contributed by atoms with Gasteiger partial charge in [0.05, 0.1) is 22.2 Å². The number of aryl methyl sites for hydroxylation is 1. The highest BCUT2D eigenvalue weighted by Gasteiger charge is 2.45. The first kappa shape index (κ1) is 25.1. The van der Waals surface area contributed by atoms with Crippen LogP contribution in [0, 0.1) is 6.92 Å². The Hall–Kier alpha value is -4.23. The van der Waals surface area contributed by atoms with Crippen molar-refractivity contribution >= 4 is 34.4 Å². The first-order chi connectivity index (χ1) is 19.0. The second kappa shape index (κ2) is 10.5. The van der Waals surface area contributed by atoms with Gasteiger partial charge in [-0.1, -0.05) is 60.7 Å². The number of carbonyl (C=O) groups excluding carboxylic acids is 2. The maximum absolute atomic E-state index is 14.1. The highest BCUT2D eigenvalue weighted by molar-refractivity contribution is 7.17. The monoisotopic (exact) mass is 535 g/mol. The molecule has 1 atom stereocenters. The summed E-state index contributed by atoms with van der Waals surface area (Å²) in [6, 6.07) is 26.2. The Balaban J connectivity index is 1.39. The maximum atomic E-state index is 14.1. The van der Waals surface area contributed by atoms with Gasteiger partial charge in [-0.05, 0) is 56.0 Å². The molecule has 196 valence electrons. The van der Waals surface area contributed by atoms with E-state index in [-0.39, 0.29) is 11.4 Å². The van der Waals surface area contributed by atoms with E-state index in [1.807, 2.05) is 84.9 Å². The maximum Gasteiger partial charge on any atom is 0.294 e. The molecule has 0 aliphatic carbocycles. The number of carbonyl (C=O) groups is 2. The van der Waals surface area contributed by atoms with Crippen LogP contribution in [0.1, 0.15) is 46.2 Å². The van der Waals surface area contributed by atoms with Crippen LogP contribution in [0.4, 0.5) is 11.4 Å². The molecule has 1 aromatic heterocycles. The molecule has 1 saturated heterocycles. The third-order valence-electron chi connectivity index (χ3n) is 7.44. The van der Waals surface area contributed by atoms with Crippen molar-refractivity contribution in [2.24, 2.45) is 0 Å². The Morgan fingerprint density at radius 3 is 2.15 bits per heavy atom. The quantitative estimate of drug-likeness (QED) is 0.272. The molecular formula is C32H29N3O3S. The number of nitrogens with zero attached hydrogens (tertiary/aromatic N) is 3. The third-order valence-corrected chi connectivity index (χ3v) is 8.65. The molecule has 6 nitrogen and oxygen atoms in total. The second-order valence-electron chi connectivity index (χ2n) is 9.94. The molecule has 1 fully saturated rings. The highest BCUT2D eigenvalue weighted by atomic mass is 32.1. The van der Waals surface area contributed by atoms with Gasteiger partial charge in [0, 0.05) is 30.0 Å². The molecule has 1 unspecified atom stereocenters. The lowest BCUT2D eigenvalue weighted by molar-refractivity contribution is -0.117. The topological polar surface area (TPSA) is 73.7 Å². The van der Waals surface area contributed by atoms with Crippen LogP contribution in [-0.4, -0.2) is 34.9 Å². The normalized spacial score (nSPS) is 17.7. The molecule has 0 radical (unpaired) electrons. The molecule has 1 amide bonds. The van der Waals surface area contributed by atoms with Crippen molar-refractivity contribution in [3.63, 3.8) is 0 Å². The fourth-order valence-corrected chi connectivity index (χ4v) is 6.49. The molecule has 2 aliphatic rings. The molecule has 4 aromatic rings. The Bertz CT molecular complexity index is 1540. The number of amides is 1. The van der Waals surface area contributed by atoms with Crippen molar-refractivity contribution in [1.29, 1.82) is 0 Å². The largest absolute Gasteiger partial charge is 0.503 e. The number of benzene rings is 3. The van der Waals surface area contributed by atoms with Crippen LogP contribution in [-0.2, 0) is 4.79 Å². The zero-order chi connectivity index (χ0) is 26.9. The van der Waals surface area contributed by atoms with Gasteiger partial charge in [0.1, 0.15) is 5.01 Å². The summed E-state index contributed by atoms with van der Waals surface area (Å²) >= 11 is 1.28. The number of piperidine rings is 1. The summed E-state index contributed by atoms with van der Waals surface area (Å²) in [5.41, 5.74) is 4.08. The van der Waals surface area contributed by atoms with E-state index in [9.17, 15) is 14.7 Å². The summed E-state index contributed by atoms with van der Waals surface area (Å²) in [6.07, 6.45) is 3.60. The number of aliphatic hydroxyl groups excluding tert-OH is 1. The number of anilines is 2. The van der Waals surface area contributed by atoms with E-state index >= 15 is 0 Å². The first-order valence-corrected chi connectivity index (χ1v) is 14.1. The van der Waals surface area contributed by atoms with E-state index < -0.39 is 17.7 Å². The number of rotatable bonds is 6. The van der Waals surface area contributed by atoms with Gasteiger partial charge in [0.25, 0.3) is 5.91 Å². The van der Waals surface area contributed by atoms with Gasteiger partial charge in [-0.2, -0.15) is 0 Å². The number of aliphatic hydroxyl groups is 1. The number of thiazole rings is 1. The van der Waals surface area contributed by atoms with Crippen LogP contribution >= 0.6 is 11.3 Å². The number of Topliss-reactive ketones (excluding diaryl/α,β-unsaturated/α-hetero) is 1. The third kappa shape index (κ3) is 4.63. The molecule has 7 heteroatoms. The van der Waals surface area contributed by atoms with Crippen molar-refractivity contribution in [2.75, 3.05) is 22.9 Å². The lowest BCUT2D eigenvalue weighted by Crippen LogP contribution is -2.31. The minimum absolute atomic E-state index is 0.0812. The fourth-order valence-electron chi connectivity index (χ4n) is 5.46. The van der Waals surface area contributed by atoms with Crippen LogP contribution in [0.3, 0.4) is 0 Å². The van der Waals surface area contributed by atoms with Gasteiger partial charge < -0.3 is 10.0 Å². The van der Waals surface area contributed by atoms with Gasteiger partial charge >= 0.3 is 0 Å². The summed E-state index contributed by atoms with van der Waals surface area (Å²) in [5, 5.41) is 11.9. The molecule has 3 aromatic carbocycles. The second-order valence-corrected chi connectivity index (χ2v) is 10.9. The molecule has 3 heterocycles. The molecule has 0 spiro atoms. The summed E-state index contributed by atoms with van der Waals surface area (Å²) in [5.74, 6) is -1.47. The molecule has 2 aliphatic heterocycles. The van der Waals surface area contributed by atoms with Gasteiger partial charge in [-0.25, -0.2) is 4.98 Å². The lowest BCUT2D eigenvalue weighted by Gasteiger charge is -2.30. The van der Waals surface area contributed by atoms with Gasteiger partial charge in [-0.3, -0.25) is 14.5 Å². The predicted molar refractivity (Wildman–Crippen MR) is 155 cm³/mol. The van der Waals surface area contributed by atoms with E-state index in [4.69, 9.17) is 0 Å². The Kier molecular flexibility index (Phi) is 6.75. The highest BCUT2D eigenvalue weighted by Crippen LogP contribution is 2.43. The Morgan fingerprint density at radius 1 is 0.872 bits per heavy atom. The molecular weight excluding hydrogens is 506 g/mol. The average Bonchev–Trinajstić information content (AvgIpc) is 3.51. The smallest absolute Gasteiger partial charge is 0.294 e. The lowest BCUT2D eigenvalue weighted by atomic mass is 9.95. The predicted octanol–water partition coefficient (Wildman–Crippen LogP) is 6.89. The minimum Gasteiger partial charge on any atom is -0.503 e. The van der Waals surface area contributed by atoms with E-state index in [1.165, 1.54) is 35.5 Å². The zero-order valence-electron chi connectivity index (χ0n) is 21.7. The van der Waals surface area contributed by atoms with Crippen LogP contribution < -0.4 is 9.80 Å². The van der Waals surface area contributed by atoms with Crippen LogP contribution in [0.25, 0.3) is 10.6 Å². The number of ketones is 1. The number of hydrogen-bond acceptors (Lipinski definition) is 6. The first-order valence-electron chi connectivity index (χ1n) is 13.3. The summed E-state index contributed by atoms with van der Waals surface area (Å²) in [4.78, 5) is 36.6. The summed E-state index contributed by atoms with van der Waals surface area (Å²) < 4.78 is 0. The van der Waals surface area contributed by atoms with Crippen molar-refractivity contribution in [1.82, 2.24) is 4.98 Å². The van der Waals surface area contributed by atoms with E-state index in [1.54, 1.807) is 6.92 Å². The van der Waals surface area contributed by atoms with Crippen LogP contribution in [0.5, 0.6) is 0 Å². The van der Waals surface area contributed by atoms with Gasteiger partial charge in [0.2, 0.25) is 5.78 Å². The fraction of sp³-hybridized carbons (Fsp3) is 0.219. The number of hydrogen-bond donors (Lipinski definition) is 1. The molecule has 1 N–H and O–H groups in total. The SMILES string of the molecule is Cc1nc(-c2ccccc2)sc1C(=O)C1=C(O)C(=O)N(c2ccc(N3CCCCC3)cc2)C1c1ccccc1.